The highest BCUT2D eigenvalue weighted by atomic mass is 16.5. The zero-order valence-corrected chi connectivity index (χ0v) is 11.5. The van der Waals surface area contributed by atoms with E-state index in [9.17, 15) is 0 Å². The Labute approximate surface area is 110 Å². The highest BCUT2D eigenvalue weighted by molar-refractivity contribution is 5.28. The molecular formula is C15H24N2O. The molecule has 0 aromatic heterocycles. The first-order chi connectivity index (χ1) is 8.78. The molecule has 0 bridgehead atoms. The molecule has 1 fully saturated rings. The summed E-state index contributed by atoms with van der Waals surface area (Å²) in [5.41, 5.74) is 1.30. The van der Waals surface area contributed by atoms with Crippen molar-refractivity contribution in [2.24, 2.45) is 0 Å². The lowest BCUT2D eigenvalue weighted by molar-refractivity contribution is 0.317. The van der Waals surface area contributed by atoms with E-state index in [0.29, 0.717) is 6.04 Å². The first-order valence-electron chi connectivity index (χ1n) is 6.91. The lowest BCUT2D eigenvalue weighted by Gasteiger charge is -2.13. The van der Waals surface area contributed by atoms with E-state index in [2.05, 4.69) is 42.4 Å². The summed E-state index contributed by atoms with van der Waals surface area (Å²) in [5, 5.41) is 3.61. The third kappa shape index (κ3) is 4.00. The Bertz CT molecular complexity index is 367. The summed E-state index contributed by atoms with van der Waals surface area (Å²) in [5.74, 6) is 0.986. The van der Waals surface area contributed by atoms with E-state index in [-0.39, 0.29) is 0 Å². The van der Waals surface area contributed by atoms with Crippen LogP contribution in [0.4, 0.5) is 0 Å². The molecule has 1 saturated heterocycles. The molecule has 0 amide bonds. The van der Waals surface area contributed by atoms with Crippen LogP contribution in [0.2, 0.25) is 0 Å². The Morgan fingerprint density at radius 3 is 3.06 bits per heavy atom. The minimum absolute atomic E-state index is 0.634. The van der Waals surface area contributed by atoms with Crippen molar-refractivity contribution in [1.29, 1.82) is 0 Å². The minimum atomic E-state index is 0.634. The van der Waals surface area contributed by atoms with Gasteiger partial charge in [0.05, 0.1) is 6.61 Å². The van der Waals surface area contributed by atoms with E-state index in [1.807, 2.05) is 6.07 Å². The highest BCUT2D eigenvalue weighted by Crippen LogP contribution is 2.14. The van der Waals surface area contributed by atoms with E-state index < -0.39 is 0 Å². The molecule has 1 aromatic rings. The standard InChI is InChI=1S/C15H24N2O/c1-3-9-18-15-6-4-5-13(10-15)11-16-14-7-8-17(2)12-14/h4-6,10,14,16H,3,7-9,11-12H2,1-2H3. The van der Waals surface area contributed by atoms with Gasteiger partial charge in [0.2, 0.25) is 0 Å². The number of rotatable bonds is 6. The van der Waals surface area contributed by atoms with Crippen molar-refractivity contribution in [1.82, 2.24) is 10.2 Å². The number of nitrogens with zero attached hydrogens (tertiary/aromatic N) is 1. The molecule has 1 aliphatic rings. The van der Waals surface area contributed by atoms with Crippen molar-refractivity contribution in [3.05, 3.63) is 29.8 Å². The van der Waals surface area contributed by atoms with Gasteiger partial charge in [-0.3, -0.25) is 0 Å². The first kappa shape index (κ1) is 13.4. The fraction of sp³-hybridized carbons (Fsp3) is 0.600. The summed E-state index contributed by atoms with van der Waals surface area (Å²) in [6.45, 7) is 6.22. The Morgan fingerprint density at radius 2 is 2.33 bits per heavy atom. The van der Waals surface area contributed by atoms with Crippen LogP contribution in [0.1, 0.15) is 25.3 Å². The zero-order chi connectivity index (χ0) is 12.8. The summed E-state index contributed by atoms with van der Waals surface area (Å²) in [4.78, 5) is 2.37. The molecule has 2 rings (SSSR count). The number of ether oxygens (including phenoxy) is 1. The molecule has 100 valence electrons. The van der Waals surface area contributed by atoms with Crippen LogP contribution in [0.15, 0.2) is 24.3 Å². The van der Waals surface area contributed by atoms with Crippen LogP contribution in [-0.2, 0) is 6.54 Å². The van der Waals surface area contributed by atoms with Crippen molar-refractivity contribution < 1.29 is 4.74 Å². The number of hydrogen-bond acceptors (Lipinski definition) is 3. The van der Waals surface area contributed by atoms with Gasteiger partial charge in [0.15, 0.2) is 0 Å². The third-order valence-corrected chi connectivity index (χ3v) is 3.36. The molecule has 1 aromatic carbocycles. The van der Waals surface area contributed by atoms with Gasteiger partial charge in [-0.1, -0.05) is 19.1 Å². The molecule has 18 heavy (non-hydrogen) atoms. The predicted octanol–water partition coefficient (Wildman–Crippen LogP) is 2.27. The topological polar surface area (TPSA) is 24.5 Å². The Kier molecular flexibility index (Phi) is 5.02. The molecule has 1 unspecified atom stereocenters. The first-order valence-corrected chi connectivity index (χ1v) is 6.91. The van der Waals surface area contributed by atoms with Crippen LogP contribution < -0.4 is 10.1 Å². The van der Waals surface area contributed by atoms with E-state index in [0.717, 1.165) is 31.9 Å². The molecule has 0 spiro atoms. The second kappa shape index (κ2) is 6.76. The van der Waals surface area contributed by atoms with Crippen LogP contribution in [0.5, 0.6) is 5.75 Å². The molecule has 0 radical (unpaired) electrons. The van der Waals surface area contributed by atoms with Gasteiger partial charge in [-0.05, 0) is 44.1 Å². The Balaban J connectivity index is 1.81. The fourth-order valence-corrected chi connectivity index (χ4v) is 2.33. The largest absolute Gasteiger partial charge is 0.494 e. The number of likely N-dealkylation sites (N-methyl/N-ethyl adjacent to an activating group) is 1. The summed E-state index contributed by atoms with van der Waals surface area (Å²) in [6, 6.07) is 9.03. The molecule has 3 nitrogen and oxygen atoms in total. The Morgan fingerprint density at radius 1 is 1.44 bits per heavy atom. The van der Waals surface area contributed by atoms with Gasteiger partial charge in [0.25, 0.3) is 0 Å². The summed E-state index contributed by atoms with van der Waals surface area (Å²) < 4.78 is 5.65. The molecule has 0 aliphatic carbocycles. The monoisotopic (exact) mass is 248 g/mol. The fourth-order valence-electron chi connectivity index (χ4n) is 2.33. The lowest BCUT2D eigenvalue weighted by atomic mass is 10.2. The zero-order valence-electron chi connectivity index (χ0n) is 11.5. The Hall–Kier alpha value is -1.06. The van der Waals surface area contributed by atoms with Crippen LogP contribution in [0, 0.1) is 0 Å². The molecule has 0 saturated carbocycles. The van der Waals surface area contributed by atoms with Crippen LogP contribution in [-0.4, -0.2) is 37.7 Å². The maximum absolute atomic E-state index is 5.65. The summed E-state index contributed by atoms with van der Waals surface area (Å²) in [7, 11) is 2.18. The van der Waals surface area contributed by atoms with Gasteiger partial charge in [-0.15, -0.1) is 0 Å². The summed E-state index contributed by atoms with van der Waals surface area (Å²) in [6.07, 6.45) is 2.30. The molecule has 1 aliphatic heterocycles. The average Bonchev–Trinajstić information content (AvgIpc) is 2.80. The molecular weight excluding hydrogens is 224 g/mol. The van der Waals surface area contributed by atoms with Gasteiger partial charge in [-0.25, -0.2) is 0 Å². The van der Waals surface area contributed by atoms with Crippen molar-refractivity contribution in [3.8, 4) is 5.75 Å². The maximum atomic E-state index is 5.65. The van der Waals surface area contributed by atoms with Crippen LogP contribution in [0.3, 0.4) is 0 Å². The minimum Gasteiger partial charge on any atom is -0.494 e. The lowest BCUT2D eigenvalue weighted by Crippen LogP contribution is -2.30. The molecule has 1 N–H and O–H groups in total. The number of likely N-dealkylation sites (tertiary alicyclic amines) is 1. The second-order valence-electron chi connectivity index (χ2n) is 5.12. The van der Waals surface area contributed by atoms with Gasteiger partial charge in [-0.2, -0.15) is 0 Å². The number of nitrogens with one attached hydrogen (secondary N) is 1. The van der Waals surface area contributed by atoms with Gasteiger partial charge >= 0.3 is 0 Å². The second-order valence-corrected chi connectivity index (χ2v) is 5.12. The van der Waals surface area contributed by atoms with Crippen molar-refractivity contribution in [2.75, 3.05) is 26.7 Å². The van der Waals surface area contributed by atoms with E-state index in [1.165, 1.54) is 18.5 Å². The average molecular weight is 248 g/mol. The third-order valence-electron chi connectivity index (χ3n) is 3.36. The van der Waals surface area contributed by atoms with Crippen LogP contribution in [0.25, 0.3) is 0 Å². The van der Waals surface area contributed by atoms with Crippen molar-refractivity contribution in [2.45, 2.75) is 32.4 Å². The van der Waals surface area contributed by atoms with E-state index >= 15 is 0 Å². The van der Waals surface area contributed by atoms with Gasteiger partial charge in [0, 0.05) is 19.1 Å². The normalized spacial score (nSPS) is 20.2. The summed E-state index contributed by atoms with van der Waals surface area (Å²) >= 11 is 0. The van der Waals surface area contributed by atoms with Crippen molar-refractivity contribution >= 4 is 0 Å². The van der Waals surface area contributed by atoms with Crippen LogP contribution >= 0.6 is 0 Å². The molecule has 3 heteroatoms. The quantitative estimate of drug-likeness (QED) is 0.836. The van der Waals surface area contributed by atoms with Gasteiger partial charge in [0.1, 0.15) is 5.75 Å². The molecule has 1 atom stereocenters. The SMILES string of the molecule is CCCOc1cccc(CNC2CCN(C)C2)c1. The van der Waals surface area contributed by atoms with Crippen molar-refractivity contribution in [3.63, 3.8) is 0 Å². The van der Waals surface area contributed by atoms with Gasteiger partial charge < -0.3 is 15.0 Å². The predicted molar refractivity (Wildman–Crippen MR) is 75.0 cm³/mol. The molecule has 1 heterocycles. The highest BCUT2D eigenvalue weighted by Gasteiger charge is 2.18. The van der Waals surface area contributed by atoms with E-state index in [1.54, 1.807) is 0 Å². The van der Waals surface area contributed by atoms with E-state index in [4.69, 9.17) is 4.74 Å². The smallest absolute Gasteiger partial charge is 0.119 e. The maximum Gasteiger partial charge on any atom is 0.119 e. The number of hydrogen-bond donors (Lipinski definition) is 1. The number of benzene rings is 1.